The molecule has 0 N–H and O–H groups in total. The van der Waals surface area contributed by atoms with Gasteiger partial charge in [-0.2, -0.15) is 0 Å². The number of ether oxygens (including phenoxy) is 1. The molecule has 0 fully saturated rings. The first kappa shape index (κ1) is 16.7. The summed E-state index contributed by atoms with van der Waals surface area (Å²) in [6.45, 7) is 1.33. The molecule has 1 rings (SSSR count). The van der Waals surface area contributed by atoms with E-state index in [0.29, 0.717) is 0 Å². The van der Waals surface area contributed by atoms with E-state index in [4.69, 9.17) is 0 Å². The van der Waals surface area contributed by atoms with Crippen LogP contribution in [0.3, 0.4) is 0 Å². The fraction of sp³-hybridized carbons (Fsp3) is 0.429. The van der Waals surface area contributed by atoms with Crippen LogP contribution in [0.15, 0.2) is 30.3 Å². The molecule has 0 bridgehead atoms. The van der Waals surface area contributed by atoms with Gasteiger partial charge in [-0.15, -0.1) is 0 Å². The highest BCUT2D eigenvalue weighted by molar-refractivity contribution is 6.07. The summed E-state index contributed by atoms with van der Waals surface area (Å²) in [6.07, 6.45) is 0. The number of alkyl halides is 1. The Kier molecular flexibility index (Phi) is 5.52. The first-order valence-electron chi connectivity index (χ1n) is 6.37. The number of carbonyl (C=O) groups is 2. The Morgan fingerprint density at radius 3 is 2.38 bits per heavy atom. The zero-order chi connectivity index (χ0) is 16.0. The van der Waals surface area contributed by atoms with Crippen molar-refractivity contribution in [2.24, 2.45) is 0 Å². The summed E-state index contributed by atoms with van der Waals surface area (Å²) in [7, 11) is 0. The molecule has 0 aliphatic carbocycles. The maximum absolute atomic E-state index is 15.1. The average Bonchev–Trinajstić information content (AvgIpc) is 2.44. The highest BCUT2D eigenvalue weighted by Gasteiger charge is 2.55. The number of nitrogens with zero attached hydrogens (tertiary/aromatic N) is 1. The predicted octanol–water partition coefficient (Wildman–Crippen LogP) is 1.91. The number of Topliss-reactive ketones (excluding diaryl/α,β-unsaturated/α-hetero) is 1. The summed E-state index contributed by atoms with van der Waals surface area (Å²) in [6, 6.07) is 7.61. The molecule has 0 spiro atoms. The van der Waals surface area contributed by atoms with E-state index < -0.39 is 34.8 Å². The van der Waals surface area contributed by atoms with Crippen molar-refractivity contribution in [2.75, 3.05) is 13.2 Å². The van der Waals surface area contributed by atoms with Crippen molar-refractivity contribution in [3.8, 4) is 0 Å². The molecule has 0 aromatic heterocycles. The third-order valence-corrected chi connectivity index (χ3v) is 3.10. The smallest absolute Gasteiger partial charge is 0.352 e. The summed E-state index contributed by atoms with van der Waals surface area (Å²) >= 11 is 0. The number of rotatable bonds is 7. The summed E-state index contributed by atoms with van der Waals surface area (Å²) in [5, 5.41) is 10.8. The van der Waals surface area contributed by atoms with Crippen LogP contribution >= 0.6 is 0 Å². The standard InChI is InChI=1S/C14H16FNO5/c1-3-21-13(18)14(15,10(2)17)12(9-16(19)20)11-7-5-4-6-8-11/h4-8,12H,3,9H2,1-2H3/t12-,14+/m0/s1. The van der Waals surface area contributed by atoms with E-state index in [1.807, 2.05) is 0 Å². The monoisotopic (exact) mass is 297 g/mol. The third kappa shape index (κ3) is 3.62. The van der Waals surface area contributed by atoms with Crippen LogP contribution < -0.4 is 0 Å². The van der Waals surface area contributed by atoms with Gasteiger partial charge in [-0.1, -0.05) is 30.3 Å². The molecule has 7 heteroatoms. The van der Waals surface area contributed by atoms with Crippen LogP contribution in [0.2, 0.25) is 0 Å². The first-order valence-corrected chi connectivity index (χ1v) is 6.37. The number of esters is 1. The van der Waals surface area contributed by atoms with Crippen molar-refractivity contribution >= 4 is 11.8 Å². The van der Waals surface area contributed by atoms with Gasteiger partial charge >= 0.3 is 5.97 Å². The highest BCUT2D eigenvalue weighted by Crippen LogP contribution is 2.34. The Labute approximate surface area is 121 Å². The second-order valence-corrected chi connectivity index (χ2v) is 4.47. The number of nitro groups is 1. The molecule has 6 nitrogen and oxygen atoms in total. The second-order valence-electron chi connectivity index (χ2n) is 4.47. The molecule has 1 aromatic rings. The van der Waals surface area contributed by atoms with Crippen LogP contribution in [0.1, 0.15) is 25.3 Å². The molecular weight excluding hydrogens is 281 g/mol. The summed E-state index contributed by atoms with van der Waals surface area (Å²) < 4.78 is 19.7. The van der Waals surface area contributed by atoms with Gasteiger partial charge in [0.2, 0.25) is 6.54 Å². The Bertz CT molecular complexity index is 533. The lowest BCUT2D eigenvalue weighted by Crippen LogP contribution is -2.49. The zero-order valence-corrected chi connectivity index (χ0v) is 11.7. The topological polar surface area (TPSA) is 86.5 Å². The maximum atomic E-state index is 15.1. The number of halogens is 1. The van der Waals surface area contributed by atoms with E-state index in [9.17, 15) is 19.7 Å². The molecule has 1 aromatic carbocycles. The van der Waals surface area contributed by atoms with Gasteiger partial charge in [-0.05, 0) is 19.4 Å². The second kappa shape index (κ2) is 6.92. The molecule has 114 valence electrons. The van der Waals surface area contributed by atoms with Crippen molar-refractivity contribution < 1.29 is 23.6 Å². The lowest BCUT2D eigenvalue weighted by molar-refractivity contribution is -0.485. The number of ketones is 1. The molecule has 0 aliphatic heterocycles. The Morgan fingerprint density at radius 2 is 1.95 bits per heavy atom. The Morgan fingerprint density at radius 1 is 1.38 bits per heavy atom. The van der Waals surface area contributed by atoms with Crippen molar-refractivity contribution in [3.05, 3.63) is 46.0 Å². The molecule has 0 radical (unpaired) electrons. The number of hydrogen-bond acceptors (Lipinski definition) is 5. The molecule has 0 amide bonds. The molecular formula is C14H16FNO5. The van der Waals surface area contributed by atoms with Crippen molar-refractivity contribution in [1.82, 2.24) is 0 Å². The maximum Gasteiger partial charge on any atom is 0.352 e. The van der Waals surface area contributed by atoms with Gasteiger partial charge in [-0.25, -0.2) is 9.18 Å². The molecule has 0 aliphatic rings. The summed E-state index contributed by atoms with van der Waals surface area (Å²) in [5.41, 5.74) is -2.88. The average molecular weight is 297 g/mol. The van der Waals surface area contributed by atoms with E-state index >= 15 is 4.39 Å². The van der Waals surface area contributed by atoms with Crippen LogP contribution in [0.5, 0.6) is 0 Å². The molecule has 0 saturated carbocycles. The van der Waals surface area contributed by atoms with E-state index in [1.54, 1.807) is 18.2 Å². The number of hydrogen-bond donors (Lipinski definition) is 0. The first-order chi connectivity index (χ1) is 9.83. The number of benzene rings is 1. The summed E-state index contributed by atoms with van der Waals surface area (Å²) in [5.74, 6) is -4.05. The Balaban J connectivity index is 3.34. The van der Waals surface area contributed by atoms with Crippen LogP contribution in [0.4, 0.5) is 4.39 Å². The van der Waals surface area contributed by atoms with E-state index in [2.05, 4.69) is 4.74 Å². The van der Waals surface area contributed by atoms with E-state index in [1.165, 1.54) is 19.1 Å². The zero-order valence-electron chi connectivity index (χ0n) is 11.7. The lowest BCUT2D eigenvalue weighted by Gasteiger charge is -2.27. The largest absolute Gasteiger partial charge is 0.463 e. The molecule has 0 unspecified atom stereocenters. The van der Waals surface area contributed by atoms with Gasteiger partial charge < -0.3 is 4.74 Å². The van der Waals surface area contributed by atoms with Gasteiger partial charge in [0, 0.05) is 4.92 Å². The minimum Gasteiger partial charge on any atom is -0.463 e. The minimum absolute atomic E-state index is 0.127. The fourth-order valence-corrected chi connectivity index (χ4v) is 2.06. The van der Waals surface area contributed by atoms with Crippen LogP contribution in [0, 0.1) is 10.1 Å². The van der Waals surface area contributed by atoms with Crippen LogP contribution in [0.25, 0.3) is 0 Å². The van der Waals surface area contributed by atoms with Gasteiger partial charge in [0.25, 0.3) is 5.67 Å². The third-order valence-electron chi connectivity index (χ3n) is 3.10. The van der Waals surface area contributed by atoms with Gasteiger partial charge in [0.15, 0.2) is 5.78 Å². The normalized spacial score (nSPS) is 14.8. The van der Waals surface area contributed by atoms with Crippen molar-refractivity contribution in [1.29, 1.82) is 0 Å². The lowest BCUT2D eigenvalue weighted by atomic mass is 9.81. The van der Waals surface area contributed by atoms with Gasteiger partial charge in [0.05, 0.1) is 6.61 Å². The van der Waals surface area contributed by atoms with E-state index in [0.717, 1.165) is 6.92 Å². The summed E-state index contributed by atoms with van der Waals surface area (Å²) in [4.78, 5) is 33.6. The minimum atomic E-state index is -3.08. The fourth-order valence-electron chi connectivity index (χ4n) is 2.06. The molecule has 0 saturated heterocycles. The quantitative estimate of drug-likeness (QED) is 0.332. The number of carbonyl (C=O) groups excluding carboxylic acids is 2. The molecule has 0 heterocycles. The van der Waals surface area contributed by atoms with Crippen molar-refractivity contribution in [3.63, 3.8) is 0 Å². The van der Waals surface area contributed by atoms with Crippen LogP contribution in [-0.2, 0) is 14.3 Å². The van der Waals surface area contributed by atoms with Crippen molar-refractivity contribution in [2.45, 2.75) is 25.4 Å². The van der Waals surface area contributed by atoms with E-state index in [-0.39, 0.29) is 12.2 Å². The van der Waals surface area contributed by atoms with Gasteiger partial charge in [0.1, 0.15) is 5.92 Å². The predicted molar refractivity (Wildman–Crippen MR) is 72.2 cm³/mol. The SMILES string of the molecule is CCOC(=O)[C@@](F)(C(C)=O)[C@@H](C[N+](=O)[O-])c1ccccc1. The Hall–Kier alpha value is -2.31. The van der Waals surface area contributed by atoms with Crippen LogP contribution in [-0.4, -0.2) is 35.5 Å². The molecule has 21 heavy (non-hydrogen) atoms. The molecule has 2 atom stereocenters. The van der Waals surface area contributed by atoms with Gasteiger partial charge in [-0.3, -0.25) is 14.9 Å². The highest BCUT2D eigenvalue weighted by atomic mass is 19.1.